The summed E-state index contributed by atoms with van der Waals surface area (Å²) in [7, 11) is -4.26. The third kappa shape index (κ3) is 4.64. The minimum absolute atomic E-state index is 0. The predicted octanol–water partition coefficient (Wildman–Crippen LogP) is 0.996. The molecule has 0 aliphatic rings. The van der Waals surface area contributed by atoms with Gasteiger partial charge in [0.2, 0.25) is 0 Å². The van der Waals surface area contributed by atoms with E-state index in [1.54, 1.807) is 30.3 Å². The lowest BCUT2D eigenvalue weighted by Gasteiger charge is -2.00. The van der Waals surface area contributed by atoms with Crippen molar-refractivity contribution in [2.45, 2.75) is 6.61 Å². The van der Waals surface area contributed by atoms with Crippen molar-refractivity contribution in [2.24, 2.45) is 0 Å². The normalized spacial score (nSPS) is 10.6. The van der Waals surface area contributed by atoms with E-state index in [9.17, 15) is 8.42 Å². The second-order valence-corrected chi connectivity index (χ2v) is 3.43. The molecule has 7 heteroatoms. The molecule has 1 aromatic carbocycles. The molecule has 1 N–H and O–H groups in total. The van der Waals surface area contributed by atoms with Crippen LogP contribution in [0.3, 0.4) is 0 Å². The van der Waals surface area contributed by atoms with Gasteiger partial charge < -0.3 is 0 Å². The van der Waals surface area contributed by atoms with E-state index in [0.717, 1.165) is 0 Å². The molecule has 14 heavy (non-hydrogen) atoms. The van der Waals surface area contributed by atoms with Gasteiger partial charge >= 0.3 is 10.4 Å². The fourth-order valence-electron chi connectivity index (χ4n) is 0.736. The maximum atomic E-state index is 10.5. The Balaban J connectivity index is 0.00000169. The van der Waals surface area contributed by atoms with E-state index in [-0.39, 0.29) is 16.5 Å². The van der Waals surface area contributed by atoms with Crippen LogP contribution in [0.15, 0.2) is 30.3 Å². The summed E-state index contributed by atoms with van der Waals surface area (Å²) in [5, 5.41) is 7.86. The quantitative estimate of drug-likeness (QED) is 0.481. The van der Waals surface area contributed by atoms with E-state index in [4.69, 9.17) is 5.26 Å². The Morgan fingerprint density at radius 3 is 2.29 bits per heavy atom. The molecule has 80 valence electrons. The van der Waals surface area contributed by atoms with Gasteiger partial charge in [-0.25, -0.2) is 9.44 Å². The van der Waals surface area contributed by atoms with E-state index < -0.39 is 10.4 Å². The number of benzene rings is 1. The summed E-state index contributed by atoms with van der Waals surface area (Å²) >= 11 is 0. The molecule has 0 amide bonds. The zero-order valence-electron chi connectivity index (χ0n) is 7.29. The van der Waals surface area contributed by atoms with Crippen LogP contribution in [0.5, 0.6) is 0 Å². The second kappa shape index (κ2) is 6.06. The number of hydrogen-bond acceptors (Lipinski definition) is 5. The summed E-state index contributed by atoms with van der Waals surface area (Å²) in [6.45, 7) is -0.163. The summed E-state index contributed by atoms with van der Waals surface area (Å²) in [6.07, 6.45) is 0. The van der Waals surface area contributed by atoms with Crippen LogP contribution < -0.4 is 0 Å². The van der Waals surface area contributed by atoms with Crippen molar-refractivity contribution in [1.82, 2.24) is 0 Å². The van der Waals surface area contributed by atoms with E-state index in [2.05, 4.69) is 8.52 Å². The van der Waals surface area contributed by atoms with Gasteiger partial charge in [0, 0.05) is 0 Å². The largest absolute Gasteiger partial charge is 0.426 e. The summed E-state index contributed by atoms with van der Waals surface area (Å²) in [5.74, 6) is 0. The lowest BCUT2D eigenvalue weighted by atomic mass is 10.2. The highest BCUT2D eigenvalue weighted by molar-refractivity contribution is 7.81. The minimum atomic E-state index is -4.26. The zero-order valence-corrected chi connectivity index (χ0v) is 9.52. The molecule has 0 heterocycles. The van der Waals surface area contributed by atoms with Gasteiger partial charge in [-0.15, -0.1) is 0 Å². The Morgan fingerprint density at radius 2 is 1.79 bits per heavy atom. The van der Waals surface area contributed by atoms with Crippen LogP contribution >= 0.6 is 9.90 Å². The van der Waals surface area contributed by atoms with Crippen LogP contribution in [-0.2, 0) is 25.5 Å². The topological polar surface area (TPSA) is 72.8 Å². The molecule has 0 spiro atoms. The van der Waals surface area contributed by atoms with Crippen molar-refractivity contribution < 1.29 is 22.2 Å². The highest BCUT2D eigenvalue weighted by atomic mass is 32.3. The van der Waals surface area contributed by atoms with Gasteiger partial charge in [-0.05, 0) is 5.56 Å². The minimum Gasteiger partial charge on any atom is -0.242 e. The molecule has 5 nitrogen and oxygen atoms in total. The van der Waals surface area contributed by atoms with Crippen molar-refractivity contribution in [3.05, 3.63) is 35.9 Å². The van der Waals surface area contributed by atoms with E-state index in [1.165, 1.54) is 0 Å². The lowest BCUT2D eigenvalue weighted by molar-refractivity contribution is -0.143. The van der Waals surface area contributed by atoms with E-state index in [1.807, 2.05) is 0 Å². The molecular weight excluding hydrogens is 227 g/mol. The van der Waals surface area contributed by atoms with Crippen LogP contribution in [0.4, 0.5) is 0 Å². The summed E-state index contributed by atoms with van der Waals surface area (Å²) < 4.78 is 28.3. The molecule has 0 radical (unpaired) electrons. The molecule has 0 bridgehead atoms. The summed E-state index contributed by atoms with van der Waals surface area (Å²) in [6, 6.07) is 8.65. The highest BCUT2D eigenvalue weighted by Crippen LogP contribution is 2.03. The first-order valence-electron chi connectivity index (χ1n) is 3.40. The maximum absolute atomic E-state index is 10.5. The summed E-state index contributed by atoms with van der Waals surface area (Å²) in [5.41, 5.74) is 0.670. The van der Waals surface area contributed by atoms with Gasteiger partial charge in [-0.3, -0.25) is 0 Å². The second-order valence-electron chi connectivity index (χ2n) is 2.23. The third-order valence-corrected chi connectivity index (χ3v) is 1.89. The van der Waals surface area contributed by atoms with Gasteiger partial charge in [0.05, 0.1) is 6.61 Å². The average Bonchev–Trinajstić information content (AvgIpc) is 2.17. The molecule has 0 fully saturated rings. The Morgan fingerprint density at radius 1 is 1.21 bits per heavy atom. The standard InChI is InChI=1S/C7H8O5S.H3P/c8-12-13(9,10)11-6-7-4-2-1-3-5-7;/h1-5,8H,6H2;1H3. The van der Waals surface area contributed by atoms with Crippen molar-refractivity contribution >= 4 is 20.3 Å². The van der Waals surface area contributed by atoms with Crippen LogP contribution in [-0.4, -0.2) is 13.7 Å². The van der Waals surface area contributed by atoms with Crippen molar-refractivity contribution in [1.29, 1.82) is 0 Å². The molecule has 0 aromatic heterocycles. The Labute approximate surface area is 85.5 Å². The third-order valence-electron chi connectivity index (χ3n) is 1.30. The first-order chi connectivity index (χ1) is 6.14. The lowest BCUT2D eigenvalue weighted by Crippen LogP contribution is -2.07. The van der Waals surface area contributed by atoms with Crippen molar-refractivity contribution in [2.75, 3.05) is 0 Å². The molecule has 0 saturated carbocycles. The van der Waals surface area contributed by atoms with Gasteiger partial charge in [0.15, 0.2) is 0 Å². The Bertz CT molecular complexity index is 350. The number of hydrogen-bond donors (Lipinski definition) is 1. The maximum Gasteiger partial charge on any atom is 0.426 e. The first kappa shape index (κ1) is 13.5. The molecule has 1 rings (SSSR count). The molecule has 1 aromatic rings. The predicted molar refractivity (Wildman–Crippen MR) is 55.0 cm³/mol. The Kier molecular flexibility index (Phi) is 5.83. The molecule has 0 aliphatic heterocycles. The molecule has 1 atom stereocenters. The number of rotatable bonds is 4. The smallest absolute Gasteiger partial charge is 0.242 e. The van der Waals surface area contributed by atoms with E-state index >= 15 is 0 Å². The fraction of sp³-hybridized carbons (Fsp3) is 0.143. The van der Waals surface area contributed by atoms with Crippen LogP contribution in [0, 0.1) is 0 Å². The van der Waals surface area contributed by atoms with Gasteiger partial charge in [-0.2, -0.15) is 18.3 Å². The average molecular weight is 238 g/mol. The van der Waals surface area contributed by atoms with Crippen LogP contribution in [0.1, 0.15) is 5.56 Å². The van der Waals surface area contributed by atoms with Gasteiger partial charge in [0.25, 0.3) is 0 Å². The molecule has 0 saturated heterocycles. The SMILES string of the molecule is O=S(=O)(OO)OCc1ccccc1.P. The highest BCUT2D eigenvalue weighted by Gasteiger charge is 2.10. The van der Waals surface area contributed by atoms with E-state index in [0.29, 0.717) is 5.56 Å². The zero-order chi connectivity index (χ0) is 9.73. The van der Waals surface area contributed by atoms with Crippen LogP contribution in [0.25, 0.3) is 0 Å². The monoisotopic (exact) mass is 238 g/mol. The molecule has 1 unspecified atom stereocenters. The van der Waals surface area contributed by atoms with Gasteiger partial charge in [0.1, 0.15) is 0 Å². The Hall–Kier alpha value is -0.520. The fourth-order valence-corrected chi connectivity index (χ4v) is 1.06. The van der Waals surface area contributed by atoms with Crippen LogP contribution in [0.2, 0.25) is 0 Å². The molecule has 0 aliphatic carbocycles. The van der Waals surface area contributed by atoms with Gasteiger partial charge in [-0.1, -0.05) is 34.7 Å². The van der Waals surface area contributed by atoms with Crippen molar-refractivity contribution in [3.63, 3.8) is 0 Å². The summed E-state index contributed by atoms with van der Waals surface area (Å²) in [4.78, 5) is 0. The first-order valence-corrected chi connectivity index (χ1v) is 4.74. The van der Waals surface area contributed by atoms with Crippen molar-refractivity contribution in [3.8, 4) is 0 Å². The molecular formula is C7H11O5PS.